The number of benzene rings is 2. The van der Waals surface area contributed by atoms with Crippen molar-refractivity contribution in [1.82, 2.24) is 14.7 Å². The molecule has 0 atom stereocenters. The Balaban J connectivity index is 1.38. The Morgan fingerprint density at radius 2 is 1.60 bits per heavy atom. The zero-order valence-corrected chi connectivity index (χ0v) is 18.1. The molecular formula is C25H33N3O2. The van der Waals surface area contributed by atoms with Crippen molar-refractivity contribution >= 4 is 5.78 Å². The van der Waals surface area contributed by atoms with E-state index >= 15 is 0 Å². The van der Waals surface area contributed by atoms with Gasteiger partial charge in [0.05, 0.1) is 26.4 Å². The second-order valence-corrected chi connectivity index (χ2v) is 8.38. The molecule has 4 rings (SSSR count). The Morgan fingerprint density at radius 3 is 2.37 bits per heavy atom. The fourth-order valence-electron chi connectivity index (χ4n) is 4.31. The smallest absolute Gasteiger partial charge is 0.146 e. The van der Waals surface area contributed by atoms with Crippen LogP contribution in [0.15, 0.2) is 48.5 Å². The summed E-state index contributed by atoms with van der Waals surface area (Å²) in [6.07, 6.45) is 0.630. The molecule has 0 aromatic heterocycles. The first-order chi connectivity index (χ1) is 14.7. The lowest BCUT2D eigenvalue weighted by Crippen LogP contribution is -2.35. The number of carbonyl (C=O) groups excluding carboxylic acids is 1. The quantitative estimate of drug-likeness (QED) is 0.671. The highest BCUT2D eigenvalue weighted by Gasteiger charge is 2.21. The number of hydrogen-bond donors (Lipinski definition) is 0. The summed E-state index contributed by atoms with van der Waals surface area (Å²) >= 11 is 0. The van der Waals surface area contributed by atoms with E-state index in [0.29, 0.717) is 18.7 Å². The first-order valence-corrected chi connectivity index (χ1v) is 11.1. The lowest BCUT2D eigenvalue weighted by atomic mass is 9.98. The van der Waals surface area contributed by atoms with Crippen LogP contribution in [0.2, 0.25) is 0 Å². The number of Topliss-reactive ketones (excluding diaryl/α,β-unsaturated/α-hetero) is 1. The third-order valence-electron chi connectivity index (χ3n) is 6.11. The van der Waals surface area contributed by atoms with E-state index in [1.54, 1.807) is 0 Å². The molecule has 2 aliphatic heterocycles. The number of hydrogen-bond acceptors (Lipinski definition) is 5. The molecule has 2 heterocycles. The van der Waals surface area contributed by atoms with E-state index in [4.69, 9.17) is 4.74 Å². The highest BCUT2D eigenvalue weighted by atomic mass is 16.5. The summed E-state index contributed by atoms with van der Waals surface area (Å²) in [6.45, 7) is 11.0. The second-order valence-electron chi connectivity index (χ2n) is 8.38. The van der Waals surface area contributed by atoms with E-state index in [9.17, 15) is 4.79 Å². The fourth-order valence-corrected chi connectivity index (χ4v) is 4.31. The maximum atomic E-state index is 11.7. The van der Waals surface area contributed by atoms with Crippen molar-refractivity contribution in [2.75, 3.05) is 52.6 Å². The molecule has 30 heavy (non-hydrogen) atoms. The summed E-state index contributed by atoms with van der Waals surface area (Å²) in [4.78, 5) is 18.8. The van der Waals surface area contributed by atoms with E-state index < -0.39 is 0 Å². The molecule has 0 amide bonds. The van der Waals surface area contributed by atoms with Gasteiger partial charge < -0.3 is 4.74 Å². The molecule has 5 nitrogen and oxygen atoms in total. The van der Waals surface area contributed by atoms with Gasteiger partial charge in [-0.1, -0.05) is 55.5 Å². The minimum Gasteiger partial charge on any atom is -0.379 e. The van der Waals surface area contributed by atoms with E-state index in [1.165, 1.54) is 22.3 Å². The number of carbonyl (C=O) groups is 1. The van der Waals surface area contributed by atoms with Gasteiger partial charge in [0.25, 0.3) is 0 Å². The maximum absolute atomic E-state index is 11.7. The summed E-state index contributed by atoms with van der Waals surface area (Å²) in [5.74, 6) is 0.331. The van der Waals surface area contributed by atoms with Crippen LogP contribution in [0.5, 0.6) is 0 Å². The largest absolute Gasteiger partial charge is 0.379 e. The van der Waals surface area contributed by atoms with Crippen molar-refractivity contribution in [2.45, 2.75) is 26.4 Å². The van der Waals surface area contributed by atoms with E-state index in [-0.39, 0.29) is 0 Å². The summed E-state index contributed by atoms with van der Waals surface area (Å²) in [7, 11) is 0. The Morgan fingerprint density at radius 1 is 0.867 bits per heavy atom. The van der Waals surface area contributed by atoms with Crippen molar-refractivity contribution in [3.05, 3.63) is 59.7 Å². The lowest BCUT2D eigenvalue weighted by molar-refractivity contribution is -0.119. The Labute approximate surface area is 180 Å². The van der Waals surface area contributed by atoms with E-state index in [1.807, 2.05) is 6.92 Å². The Hall–Kier alpha value is -2.05. The minimum absolute atomic E-state index is 0.331. The molecule has 2 aromatic carbocycles. The van der Waals surface area contributed by atoms with E-state index in [2.05, 4.69) is 63.2 Å². The van der Waals surface area contributed by atoms with Crippen LogP contribution in [0.3, 0.4) is 0 Å². The van der Waals surface area contributed by atoms with Crippen LogP contribution in [0.1, 0.15) is 24.5 Å². The topological polar surface area (TPSA) is 36.0 Å². The predicted octanol–water partition coefficient (Wildman–Crippen LogP) is 3.24. The highest BCUT2D eigenvalue weighted by molar-refractivity contribution is 5.80. The molecule has 160 valence electrons. The van der Waals surface area contributed by atoms with Crippen molar-refractivity contribution < 1.29 is 9.53 Å². The van der Waals surface area contributed by atoms with Crippen LogP contribution in [-0.4, -0.2) is 73.1 Å². The zero-order valence-electron chi connectivity index (χ0n) is 18.1. The Bertz CT molecular complexity index is 831. The predicted molar refractivity (Wildman–Crippen MR) is 120 cm³/mol. The van der Waals surface area contributed by atoms with Gasteiger partial charge in [-0.05, 0) is 22.3 Å². The molecule has 0 spiro atoms. The third kappa shape index (κ3) is 5.55. The molecule has 2 fully saturated rings. The summed E-state index contributed by atoms with van der Waals surface area (Å²) < 4.78 is 5.49. The molecule has 0 unspecified atom stereocenters. The monoisotopic (exact) mass is 407 g/mol. The van der Waals surface area contributed by atoms with Crippen LogP contribution in [0, 0.1) is 0 Å². The van der Waals surface area contributed by atoms with Crippen LogP contribution in [0.4, 0.5) is 0 Å². The molecule has 2 saturated heterocycles. The molecule has 0 bridgehead atoms. The van der Waals surface area contributed by atoms with Gasteiger partial charge in [0.15, 0.2) is 0 Å². The molecule has 2 aromatic rings. The van der Waals surface area contributed by atoms with Gasteiger partial charge in [-0.2, -0.15) is 0 Å². The standard InChI is InChI=1S/C25H33N3O2/c1-2-24(29)19-28-12-11-27(20-28)17-21-7-9-22(10-8-21)25-6-4-3-5-23(25)18-26-13-15-30-16-14-26/h3-10H,2,11-20H2,1H3. The van der Waals surface area contributed by atoms with Gasteiger partial charge >= 0.3 is 0 Å². The first-order valence-electron chi connectivity index (χ1n) is 11.1. The molecule has 0 saturated carbocycles. The van der Waals surface area contributed by atoms with Gasteiger partial charge in [0.2, 0.25) is 0 Å². The molecule has 2 aliphatic rings. The fraction of sp³-hybridized carbons (Fsp3) is 0.480. The molecule has 0 aliphatic carbocycles. The number of morpholine rings is 1. The molecular weight excluding hydrogens is 374 g/mol. The Kier molecular flexibility index (Phi) is 7.28. The second kappa shape index (κ2) is 10.3. The van der Waals surface area contributed by atoms with Crippen LogP contribution in [0.25, 0.3) is 11.1 Å². The average Bonchev–Trinajstić information content (AvgIpc) is 3.22. The summed E-state index contributed by atoms with van der Waals surface area (Å²) in [5.41, 5.74) is 5.30. The van der Waals surface area contributed by atoms with Crippen molar-refractivity contribution in [2.24, 2.45) is 0 Å². The van der Waals surface area contributed by atoms with Crippen LogP contribution >= 0.6 is 0 Å². The van der Waals surface area contributed by atoms with Crippen molar-refractivity contribution in [3.63, 3.8) is 0 Å². The minimum atomic E-state index is 0.331. The number of rotatable bonds is 8. The van der Waals surface area contributed by atoms with Gasteiger partial charge in [0, 0.05) is 45.7 Å². The third-order valence-corrected chi connectivity index (χ3v) is 6.11. The lowest BCUT2D eigenvalue weighted by Gasteiger charge is -2.27. The normalized spacial score (nSPS) is 18.7. The van der Waals surface area contributed by atoms with Gasteiger partial charge in [-0.3, -0.25) is 19.5 Å². The summed E-state index contributed by atoms with van der Waals surface area (Å²) in [6, 6.07) is 17.7. The van der Waals surface area contributed by atoms with Gasteiger partial charge in [-0.15, -0.1) is 0 Å². The molecule has 5 heteroatoms. The van der Waals surface area contributed by atoms with Gasteiger partial charge in [0.1, 0.15) is 5.78 Å². The van der Waals surface area contributed by atoms with Crippen molar-refractivity contribution in [3.8, 4) is 11.1 Å². The van der Waals surface area contributed by atoms with E-state index in [0.717, 1.165) is 59.2 Å². The highest BCUT2D eigenvalue weighted by Crippen LogP contribution is 2.26. The number of ketones is 1. The number of ether oxygens (including phenoxy) is 1. The first kappa shape index (κ1) is 21.2. The molecule has 0 radical (unpaired) electrons. The van der Waals surface area contributed by atoms with Crippen LogP contribution < -0.4 is 0 Å². The SMILES string of the molecule is CCC(=O)CN1CCN(Cc2ccc(-c3ccccc3CN3CCOCC3)cc2)C1. The number of nitrogens with zero attached hydrogens (tertiary/aromatic N) is 3. The van der Waals surface area contributed by atoms with Gasteiger partial charge in [-0.25, -0.2) is 0 Å². The maximum Gasteiger partial charge on any atom is 0.146 e. The molecule has 0 N–H and O–H groups in total. The summed E-state index contributed by atoms with van der Waals surface area (Å²) in [5, 5.41) is 0. The van der Waals surface area contributed by atoms with Crippen LogP contribution in [-0.2, 0) is 22.6 Å². The van der Waals surface area contributed by atoms with Crippen molar-refractivity contribution in [1.29, 1.82) is 0 Å². The zero-order chi connectivity index (χ0) is 20.8. The average molecular weight is 408 g/mol.